The third kappa shape index (κ3) is 4.19. The highest BCUT2D eigenvalue weighted by atomic mass is 16.5. The minimum absolute atomic E-state index is 0.142. The van der Waals surface area contributed by atoms with E-state index in [1.54, 1.807) is 6.92 Å². The third-order valence-corrected chi connectivity index (χ3v) is 2.68. The summed E-state index contributed by atoms with van der Waals surface area (Å²) in [6.07, 6.45) is 0.543. The van der Waals surface area contributed by atoms with Crippen LogP contribution in [0.15, 0.2) is 24.3 Å². The zero-order valence-corrected chi connectivity index (χ0v) is 11.1. The van der Waals surface area contributed by atoms with Crippen molar-refractivity contribution in [2.75, 3.05) is 20.7 Å². The van der Waals surface area contributed by atoms with Crippen LogP contribution >= 0.6 is 0 Å². The van der Waals surface area contributed by atoms with Crippen molar-refractivity contribution < 1.29 is 9.53 Å². The number of carbonyl (C=O) groups is 1. The van der Waals surface area contributed by atoms with E-state index in [0.717, 1.165) is 11.3 Å². The molecule has 0 spiro atoms. The Balaban J connectivity index is 2.83. The maximum Gasteiger partial charge on any atom is 0.131 e. The molecule has 0 aliphatic rings. The Morgan fingerprint density at radius 2 is 1.88 bits per heavy atom. The van der Waals surface area contributed by atoms with Gasteiger partial charge in [-0.1, -0.05) is 12.1 Å². The highest BCUT2D eigenvalue weighted by Gasteiger charge is 2.15. The summed E-state index contributed by atoms with van der Waals surface area (Å²) in [5.41, 5.74) is 1.15. The number of ether oxygens (including phenoxy) is 1. The van der Waals surface area contributed by atoms with Gasteiger partial charge in [0.25, 0.3) is 0 Å². The smallest absolute Gasteiger partial charge is 0.131 e. The van der Waals surface area contributed by atoms with E-state index in [-0.39, 0.29) is 11.8 Å². The molecule has 0 aliphatic carbocycles. The van der Waals surface area contributed by atoms with Gasteiger partial charge in [-0.2, -0.15) is 0 Å². The van der Waals surface area contributed by atoms with Gasteiger partial charge in [-0.3, -0.25) is 4.79 Å². The van der Waals surface area contributed by atoms with Crippen molar-refractivity contribution in [3.8, 4) is 5.75 Å². The van der Waals surface area contributed by atoms with E-state index >= 15 is 0 Å². The Bertz CT molecular complexity index is 357. The molecule has 3 nitrogen and oxygen atoms in total. The number of hydrogen-bond acceptors (Lipinski definition) is 3. The first-order valence-corrected chi connectivity index (χ1v) is 5.93. The molecule has 1 rings (SSSR count). The first kappa shape index (κ1) is 13.7. The van der Waals surface area contributed by atoms with E-state index in [4.69, 9.17) is 4.74 Å². The molecule has 0 radical (unpaired) electrons. The van der Waals surface area contributed by atoms with Crippen LogP contribution in [0, 0.1) is 0 Å². The number of nitrogens with zero attached hydrogens (tertiary/aromatic N) is 1. The van der Waals surface area contributed by atoms with E-state index in [0.29, 0.717) is 13.0 Å². The molecule has 1 aromatic carbocycles. The lowest BCUT2D eigenvalue weighted by atomic mass is 10.0. The molecule has 0 aliphatic heterocycles. The molecule has 94 valence electrons. The molecular weight excluding hydrogens is 214 g/mol. The first-order chi connectivity index (χ1) is 8.04. The van der Waals surface area contributed by atoms with Gasteiger partial charge < -0.3 is 9.64 Å². The van der Waals surface area contributed by atoms with Crippen molar-refractivity contribution in [1.29, 1.82) is 0 Å². The lowest BCUT2D eigenvalue weighted by Crippen LogP contribution is -2.22. The van der Waals surface area contributed by atoms with Crippen molar-refractivity contribution in [1.82, 2.24) is 4.90 Å². The Kier molecular flexibility index (Phi) is 5.16. The average Bonchev–Trinajstić information content (AvgIpc) is 2.27. The Morgan fingerprint density at radius 1 is 1.29 bits per heavy atom. The third-order valence-electron chi connectivity index (χ3n) is 2.68. The largest absolute Gasteiger partial charge is 0.494 e. The van der Waals surface area contributed by atoms with Crippen LogP contribution < -0.4 is 4.74 Å². The summed E-state index contributed by atoms with van der Waals surface area (Å²) in [6, 6.07) is 8.10. The number of rotatable bonds is 6. The highest BCUT2D eigenvalue weighted by Crippen LogP contribution is 2.24. The molecular formula is C14H21NO2. The lowest BCUT2D eigenvalue weighted by Gasteiger charge is -2.23. The fourth-order valence-electron chi connectivity index (χ4n) is 1.82. The summed E-state index contributed by atoms with van der Waals surface area (Å²) >= 11 is 0. The normalized spacial score (nSPS) is 12.5. The lowest BCUT2D eigenvalue weighted by molar-refractivity contribution is -0.118. The minimum atomic E-state index is 0.142. The quantitative estimate of drug-likeness (QED) is 0.759. The van der Waals surface area contributed by atoms with Crippen molar-refractivity contribution in [2.45, 2.75) is 26.3 Å². The number of benzene rings is 1. The summed E-state index contributed by atoms with van der Waals surface area (Å²) < 4.78 is 5.40. The van der Waals surface area contributed by atoms with Crippen LogP contribution in [-0.4, -0.2) is 31.4 Å². The maximum atomic E-state index is 11.3. The van der Waals surface area contributed by atoms with Crippen LogP contribution in [0.4, 0.5) is 0 Å². The zero-order chi connectivity index (χ0) is 12.8. The minimum Gasteiger partial charge on any atom is -0.494 e. The molecule has 1 atom stereocenters. The van der Waals surface area contributed by atoms with Gasteiger partial charge in [0.1, 0.15) is 11.5 Å². The second kappa shape index (κ2) is 6.40. The topological polar surface area (TPSA) is 29.5 Å². The second-order valence-electron chi connectivity index (χ2n) is 4.39. The number of hydrogen-bond donors (Lipinski definition) is 0. The van der Waals surface area contributed by atoms with Gasteiger partial charge in [-0.05, 0) is 45.6 Å². The number of ketones is 1. The van der Waals surface area contributed by atoms with Crippen molar-refractivity contribution in [3.05, 3.63) is 29.8 Å². The van der Waals surface area contributed by atoms with Crippen LogP contribution in [0.2, 0.25) is 0 Å². The first-order valence-electron chi connectivity index (χ1n) is 5.93. The zero-order valence-electron chi connectivity index (χ0n) is 11.1. The van der Waals surface area contributed by atoms with Crippen LogP contribution in [0.3, 0.4) is 0 Å². The average molecular weight is 235 g/mol. The SMILES string of the molecule is CCOc1ccc(C(CC(C)=O)N(C)C)cc1. The molecule has 0 aromatic heterocycles. The predicted molar refractivity (Wildman–Crippen MR) is 69.3 cm³/mol. The summed E-state index contributed by atoms with van der Waals surface area (Å²) in [5, 5.41) is 0. The number of carbonyl (C=O) groups excluding carboxylic acids is 1. The summed E-state index contributed by atoms with van der Waals surface area (Å²) in [6.45, 7) is 4.27. The molecule has 0 saturated heterocycles. The molecule has 17 heavy (non-hydrogen) atoms. The molecule has 1 unspecified atom stereocenters. The van der Waals surface area contributed by atoms with E-state index in [2.05, 4.69) is 4.90 Å². The van der Waals surface area contributed by atoms with E-state index in [1.165, 1.54) is 0 Å². The van der Waals surface area contributed by atoms with Gasteiger partial charge in [0, 0.05) is 12.5 Å². The molecule has 0 saturated carbocycles. The summed E-state index contributed by atoms with van der Waals surface area (Å²) in [5.74, 6) is 1.08. The molecule has 0 fully saturated rings. The molecule has 0 amide bonds. The van der Waals surface area contributed by atoms with Gasteiger partial charge in [-0.15, -0.1) is 0 Å². The summed E-state index contributed by atoms with van der Waals surface area (Å²) in [7, 11) is 3.98. The summed E-state index contributed by atoms with van der Waals surface area (Å²) in [4.78, 5) is 13.3. The van der Waals surface area contributed by atoms with Gasteiger partial charge in [-0.25, -0.2) is 0 Å². The van der Waals surface area contributed by atoms with Crippen LogP contribution in [0.1, 0.15) is 31.9 Å². The van der Waals surface area contributed by atoms with Gasteiger partial charge in [0.2, 0.25) is 0 Å². The fraction of sp³-hybridized carbons (Fsp3) is 0.500. The molecule has 1 aromatic rings. The molecule has 3 heteroatoms. The molecule has 0 bridgehead atoms. The van der Waals surface area contributed by atoms with E-state index in [9.17, 15) is 4.79 Å². The van der Waals surface area contributed by atoms with Crippen molar-refractivity contribution in [3.63, 3.8) is 0 Å². The van der Waals surface area contributed by atoms with Crippen molar-refractivity contribution >= 4 is 5.78 Å². The highest BCUT2D eigenvalue weighted by molar-refractivity contribution is 5.76. The van der Waals surface area contributed by atoms with Gasteiger partial charge >= 0.3 is 0 Å². The number of Topliss-reactive ketones (excluding diaryl/α,β-unsaturated/α-hetero) is 1. The standard InChI is InChI=1S/C14H21NO2/c1-5-17-13-8-6-12(7-9-13)14(15(3)4)10-11(2)16/h6-9,14H,5,10H2,1-4H3. The van der Waals surface area contributed by atoms with Gasteiger partial charge in [0.05, 0.1) is 6.61 Å². The van der Waals surface area contributed by atoms with Crippen LogP contribution in [-0.2, 0) is 4.79 Å². The predicted octanol–water partition coefficient (Wildman–Crippen LogP) is 2.67. The van der Waals surface area contributed by atoms with E-state index < -0.39 is 0 Å². The Morgan fingerprint density at radius 3 is 2.29 bits per heavy atom. The van der Waals surface area contributed by atoms with Crippen LogP contribution in [0.5, 0.6) is 5.75 Å². The maximum absolute atomic E-state index is 11.3. The van der Waals surface area contributed by atoms with E-state index in [1.807, 2.05) is 45.3 Å². The Labute approximate surface area is 103 Å². The fourth-order valence-corrected chi connectivity index (χ4v) is 1.82. The molecule has 0 heterocycles. The molecule has 0 N–H and O–H groups in total. The van der Waals surface area contributed by atoms with Crippen molar-refractivity contribution in [2.24, 2.45) is 0 Å². The van der Waals surface area contributed by atoms with Crippen LogP contribution in [0.25, 0.3) is 0 Å². The monoisotopic (exact) mass is 235 g/mol. The van der Waals surface area contributed by atoms with Gasteiger partial charge in [0.15, 0.2) is 0 Å². The second-order valence-corrected chi connectivity index (χ2v) is 4.39. The Hall–Kier alpha value is -1.35.